The number of carboxylic acid groups (broad SMARTS) is 1. The molecule has 5 rings (SSSR count). The number of rotatable bonds is 3. The van der Waals surface area contributed by atoms with E-state index in [0.717, 1.165) is 45.6 Å². The first-order valence-corrected chi connectivity index (χ1v) is 10.3. The zero-order valence-corrected chi connectivity index (χ0v) is 17.6. The SMILES string of the molecule is Cc1cnc(Cc2nc3cnc4ccc(Cl)cc4c3n2[C@H]2CC[C@@H](F)C2)cn1.O=CO. The highest BCUT2D eigenvalue weighted by molar-refractivity contribution is 6.31. The molecule has 0 saturated heterocycles. The van der Waals surface area contributed by atoms with Crippen LogP contribution in [0.15, 0.2) is 36.8 Å². The lowest BCUT2D eigenvalue weighted by atomic mass is 10.1. The molecule has 160 valence electrons. The largest absolute Gasteiger partial charge is 0.483 e. The lowest BCUT2D eigenvalue weighted by molar-refractivity contribution is -0.122. The molecule has 1 N–H and O–H groups in total. The van der Waals surface area contributed by atoms with Gasteiger partial charge in [0.05, 0.1) is 28.6 Å². The molecule has 1 fully saturated rings. The zero-order valence-electron chi connectivity index (χ0n) is 16.9. The van der Waals surface area contributed by atoms with E-state index in [1.807, 2.05) is 25.1 Å². The standard InChI is InChI=1S/C21H19ClFN5.CH2O2/c1-12-9-25-15(10-24-12)8-20-27-19-11-26-18-5-2-13(22)6-17(18)21(19)28(20)16-4-3-14(23)7-16;2-1-3/h2,5-6,9-11,14,16H,3-4,7-8H2,1H3;1H,(H,2,3)/t14-,16+;/m1./s1. The fourth-order valence-corrected chi connectivity index (χ4v) is 4.30. The molecule has 4 aromatic rings. The van der Waals surface area contributed by atoms with E-state index in [9.17, 15) is 4.39 Å². The maximum atomic E-state index is 14.1. The second-order valence-electron chi connectivity index (χ2n) is 7.55. The first kappa shape index (κ1) is 21.1. The van der Waals surface area contributed by atoms with Crippen LogP contribution < -0.4 is 0 Å². The van der Waals surface area contributed by atoms with Crippen molar-refractivity contribution < 1.29 is 14.3 Å². The van der Waals surface area contributed by atoms with Crippen molar-refractivity contribution in [3.05, 3.63) is 59.0 Å². The molecule has 3 heterocycles. The lowest BCUT2D eigenvalue weighted by Crippen LogP contribution is -2.11. The summed E-state index contributed by atoms with van der Waals surface area (Å²) in [6.07, 6.45) is 6.96. The highest BCUT2D eigenvalue weighted by Gasteiger charge is 2.29. The number of hydrogen-bond acceptors (Lipinski definition) is 5. The number of carbonyl (C=O) groups is 1. The number of halogens is 2. The van der Waals surface area contributed by atoms with Crippen molar-refractivity contribution in [2.75, 3.05) is 0 Å². The summed E-state index contributed by atoms with van der Waals surface area (Å²) in [6.45, 7) is 1.66. The van der Waals surface area contributed by atoms with Gasteiger partial charge in [-0.3, -0.25) is 19.7 Å². The van der Waals surface area contributed by atoms with E-state index in [2.05, 4.69) is 19.5 Å². The van der Waals surface area contributed by atoms with Crippen LogP contribution in [-0.4, -0.2) is 42.3 Å². The Kier molecular flexibility index (Phi) is 6.08. The van der Waals surface area contributed by atoms with Gasteiger partial charge < -0.3 is 9.67 Å². The predicted octanol–water partition coefficient (Wildman–Crippen LogP) is 4.69. The topological polar surface area (TPSA) is 93.8 Å². The van der Waals surface area contributed by atoms with Crippen molar-refractivity contribution in [3.8, 4) is 0 Å². The Morgan fingerprint density at radius 3 is 2.68 bits per heavy atom. The van der Waals surface area contributed by atoms with Crippen LogP contribution >= 0.6 is 11.6 Å². The maximum absolute atomic E-state index is 14.1. The summed E-state index contributed by atoms with van der Waals surface area (Å²) in [5.41, 5.74) is 4.34. The van der Waals surface area contributed by atoms with E-state index < -0.39 is 6.17 Å². The van der Waals surface area contributed by atoms with Crippen molar-refractivity contribution in [2.45, 2.75) is 44.8 Å². The van der Waals surface area contributed by atoms with Crippen LogP contribution in [0.25, 0.3) is 21.9 Å². The number of aryl methyl sites for hydroxylation is 1. The Morgan fingerprint density at radius 2 is 2.00 bits per heavy atom. The molecular formula is C22H21ClFN5O2. The minimum atomic E-state index is -0.772. The van der Waals surface area contributed by atoms with Crippen LogP contribution in [0.4, 0.5) is 4.39 Å². The Hall–Kier alpha value is -3.13. The summed E-state index contributed by atoms with van der Waals surface area (Å²) in [7, 11) is 0. The molecule has 1 aliphatic carbocycles. The third-order valence-corrected chi connectivity index (χ3v) is 5.67. The van der Waals surface area contributed by atoms with Crippen LogP contribution in [0.1, 0.15) is 42.5 Å². The average molecular weight is 442 g/mol. The Balaban J connectivity index is 0.000000730. The van der Waals surface area contributed by atoms with E-state index in [1.165, 1.54) is 0 Å². The summed E-state index contributed by atoms with van der Waals surface area (Å²) >= 11 is 6.27. The number of alkyl halides is 1. The van der Waals surface area contributed by atoms with Gasteiger partial charge in [-0.25, -0.2) is 9.37 Å². The van der Waals surface area contributed by atoms with Crippen molar-refractivity contribution in [2.24, 2.45) is 0 Å². The maximum Gasteiger partial charge on any atom is 0.290 e. The molecule has 0 aliphatic heterocycles. The van der Waals surface area contributed by atoms with Crippen LogP contribution in [0.5, 0.6) is 0 Å². The first-order chi connectivity index (χ1) is 15.0. The Morgan fingerprint density at radius 1 is 1.19 bits per heavy atom. The van der Waals surface area contributed by atoms with Gasteiger partial charge in [0.15, 0.2) is 0 Å². The molecular weight excluding hydrogens is 421 g/mol. The second-order valence-corrected chi connectivity index (χ2v) is 7.98. The van der Waals surface area contributed by atoms with Gasteiger partial charge in [-0.15, -0.1) is 0 Å². The third kappa shape index (κ3) is 4.34. The average Bonchev–Trinajstić information content (AvgIpc) is 3.33. The predicted molar refractivity (Wildman–Crippen MR) is 116 cm³/mol. The van der Waals surface area contributed by atoms with E-state index in [-0.39, 0.29) is 12.5 Å². The molecule has 1 aliphatic rings. The van der Waals surface area contributed by atoms with Gasteiger partial charge in [0, 0.05) is 35.3 Å². The number of aromatic nitrogens is 5. The van der Waals surface area contributed by atoms with Crippen molar-refractivity contribution in [1.82, 2.24) is 24.5 Å². The number of nitrogens with zero attached hydrogens (tertiary/aromatic N) is 5. The summed E-state index contributed by atoms with van der Waals surface area (Å²) in [5.74, 6) is 0.863. The van der Waals surface area contributed by atoms with Gasteiger partial charge >= 0.3 is 0 Å². The van der Waals surface area contributed by atoms with Crippen LogP contribution in [0.3, 0.4) is 0 Å². The smallest absolute Gasteiger partial charge is 0.290 e. The molecule has 0 spiro atoms. The minimum absolute atomic E-state index is 0.0676. The van der Waals surface area contributed by atoms with Gasteiger partial charge in [-0.05, 0) is 44.4 Å². The molecule has 31 heavy (non-hydrogen) atoms. The molecule has 0 amide bonds. The van der Waals surface area contributed by atoms with Crippen LogP contribution in [0, 0.1) is 6.92 Å². The van der Waals surface area contributed by atoms with Gasteiger partial charge in [0.2, 0.25) is 0 Å². The molecule has 9 heteroatoms. The third-order valence-electron chi connectivity index (χ3n) is 5.43. The molecule has 1 aromatic carbocycles. The van der Waals surface area contributed by atoms with E-state index in [1.54, 1.807) is 18.6 Å². The molecule has 1 saturated carbocycles. The van der Waals surface area contributed by atoms with E-state index >= 15 is 0 Å². The van der Waals surface area contributed by atoms with E-state index in [0.29, 0.717) is 24.3 Å². The molecule has 3 aromatic heterocycles. The van der Waals surface area contributed by atoms with Crippen molar-refractivity contribution in [3.63, 3.8) is 0 Å². The Labute approximate surface area is 182 Å². The summed E-state index contributed by atoms with van der Waals surface area (Å²) < 4.78 is 16.2. The first-order valence-electron chi connectivity index (χ1n) is 9.94. The fraction of sp³-hybridized carbons (Fsp3) is 0.318. The highest BCUT2D eigenvalue weighted by Crippen LogP contribution is 2.38. The lowest BCUT2D eigenvalue weighted by Gasteiger charge is -2.17. The summed E-state index contributed by atoms with van der Waals surface area (Å²) in [4.78, 5) is 26.6. The zero-order chi connectivity index (χ0) is 22.0. The van der Waals surface area contributed by atoms with Gasteiger partial charge in [0.1, 0.15) is 17.5 Å². The molecule has 0 unspecified atom stereocenters. The number of imidazole rings is 1. The van der Waals surface area contributed by atoms with Crippen molar-refractivity contribution >= 4 is 40.0 Å². The van der Waals surface area contributed by atoms with Gasteiger partial charge in [-0.2, -0.15) is 0 Å². The Bertz CT molecular complexity index is 1230. The monoisotopic (exact) mass is 441 g/mol. The van der Waals surface area contributed by atoms with Crippen molar-refractivity contribution in [1.29, 1.82) is 0 Å². The number of fused-ring (bicyclic) bond motifs is 3. The quantitative estimate of drug-likeness (QED) is 0.463. The molecule has 2 atom stereocenters. The molecule has 0 radical (unpaired) electrons. The number of hydrogen-bond donors (Lipinski definition) is 1. The molecule has 0 bridgehead atoms. The number of benzene rings is 1. The minimum Gasteiger partial charge on any atom is -0.483 e. The van der Waals surface area contributed by atoms with E-state index in [4.69, 9.17) is 26.5 Å². The van der Waals surface area contributed by atoms with Gasteiger partial charge in [-0.1, -0.05) is 11.6 Å². The van der Waals surface area contributed by atoms with Gasteiger partial charge in [0.25, 0.3) is 6.47 Å². The van der Waals surface area contributed by atoms with Crippen LogP contribution in [0.2, 0.25) is 5.02 Å². The second kappa shape index (κ2) is 8.93. The normalized spacial score (nSPS) is 18.2. The summed E-state index contributed by atoms with van der Waals surface area (Å²) in [5, 5.41) is 8.48. The number of pyridine rings is 1. The fourth-order valence-electron chi connectivity index (χ4n) is 4.13. The molecule has 7 nitrogen and oxygen atoms in total. The highest BCUT2D eigenvalue weighted by atomic mass is 35.5. The summed E-state index contributed by atoms with van der Waals surface area (Å²) in [6, 6.07) is 5.73. The van der Waals surface area contributed by atoms with Crippen LogP contribution in [-0.2, 0) is 11.2 Å².